The van der Waals surface area contributed by atoms with Crippen LogP contribution in [0.2, 0.25) is 0 Å². The van der Waals surface area contributed by atoms with Crippen LogP contribution in [0.3, 0.4) is 0 Å². The Kier molecular flexibility index (Phi) is 6.56. The lowest BCUT2D eigenvalue weighted by Crippen LogP contribution is -2.47. The first-order valence-corrected chi connectivity index (χ1v) is 9.71. The molecule has 2 aromatic carbocycles. The molecule has 0 bridgehead atoms. The number of amides is 3. The Hall–Kier alpha value is -3.55. The van der Waals surface area contributed by atoms with Gasteiger partial charge in [-0.25, -0.2) is 0 Å². The average Bonchev–Trinajstić information content (AvgIpc) is 3.13. The molecule has 30 heavy (non-hydrogen) atoms. The van der Waals surface area contributed by atoms with Crippen LogP contribution in [-0.2, 0) is 14.4 Å². The maximum absolute atomic E-state index is 12.4. The number of hydrogen-bond donors (Lipinski definition) is 3. The molecule has 1 heterocycles. The van der Waals surface area contributed by atoms with Crippen molar-refractivity contribution in [3.05, 3.63) is 53.6 Å². The van der Waals surface area contributed by atoms with Crippen LogP contribution in [0.1, 0.15) is 17.5 Å². The van der Waals surface area contributed by atoms with E-state index in [2.05, 4.69) is 16.2 Å². The number of aryl methyl sites for hydroxylation is 2. The molecule has 2 aromatic rings. The number of carbonyl (C=O) groups excluding carboxylic acids is 3. The van der Waals surface area contributed by atoms with Gasteiger partial charge in [-0.05, 0) is 49.7 Å². The first-order valence-electron chi connectivity index (χ1n) is 9.71. The summed E-state index contributed by atoms with van der Waals surface area (Å²) in [5.74, 6) is -0.744. The molecule has 0 saturated carbocycles. The van der Waals surface area contributed by atoms with E-state index in [1.54, 1.807) is 36.3 Å². The van der Waals surface area contributed by atoms with Crippen LogP contribution in [0.15, 0.2) is 42.5 Å². The summed E-state index contributed by atoms with van der Waals surface area (Å²) in [6.07, 6.45) is 0.0918. The third-order valence-corrected chi connectivity index (χ3v) is 5.03. The molecule has 3 rings (SSSR count). The Morgan fingerprint density at radius 2 is 1.83 bits per heavy atom. The second-order valence-corrected chi connectivity index (χ2v) is 7.31. The topological polar surface area (TPSA) is 99.8 Å². The monoisotopic (exact) mass is 410 g/mol. The van der Waals surface area contributed by atoms with Gasteiger partial charge in [0, 0.05) is 24.3 Å². The molecule has 1 aliphatic rings. The minimum absolute atomic E-state index is 0.0196. The number of ether oxygens (including phenoxy) is 1. The van der Waals surface area contributed by atoms with Crippen molar-refractivity contribution in [2.45, 2.75) is 20.3 Å². The SMILES string of the molecule is COc1ccc(N2CC(C(=O)NNC(=O)CNc3ccc(C)cc3C)CC2=O)cc1. The molecule has 8 nitrogen and oxygen atoms in total. The minimum atomic E-state index is -0.535. The maximum atomic E-state index is 12.4. The highest BCUT2D eigenvalue weighted by Crippen LogP contribution is 2.26. The first kappa shape index (κ1) is 21.2. The normalized spacial score (nSPS) is 15.6. The second-order valence-electron chi connectivity index (χ2n) is 7.31. The van der Waals surface area contributed by atoms with Gasteiger partial charge in [-0.15, -0.1) is 0 Å². The van der Waals surface area contributed by atoms with Crippen LogP contribution in [0.5, 0.6) is 5.75 Å². The van der Waals surface area contributed by atoms with Crippen LogP contribution >= 0.6 is 0 Å². The van der Waals surface area contributed by atoms with Crippen LogP contribution in [0.4, 0.5) is 11.4 Å². The highest BCUT2D eigenvalue weighted by Gasteiger charge is 2.35. The van der Waals surface area contributed by atoms with Gasteiger partial charge in [0.2, 0.25) is 11.8 Å². The molecule has 1 saturated heterocycles. The van der Waals surface area contributed by atoms with E-state index in [1.807, 2.05) is 32.0 Å². The zero-order valence-electron chi connectivity index (χ0n) is 17.3. The fraction of sp³-hybridized carbons (Fsp3) is 0.318. The molecule has 1 atom stereocenters. The number of anilines is 2. The molecule has 0 spiro atoms. The largest absolute Gasteiger partial charge is 0.497 e. The minimum Gasteiger partial charge on any atom is -0.497 e. The molecular formula is C22H26N4O4. The third-order valence-electron chi connectivity index (χ3n) is 5.03. The van der Waals surface area contributed by atoms with Crippen LogP contribution < -0.4 is 25.8 Å². The van der Waals surface area contributed by atoms with Crippen molar-refractivity contribution in [2.75, 3.05) is 30.4 Å². The number of hydrogen-bond acceptors (Lipinski definition) is 5. The Bertz CT molecular complexity index is 943. The van der Waals surface area contributed by atoms with E-state index in [9.17, 15) is 14.4 Å². The number of nitrogens with zero attached hydrogens (tertiary/aromatic N) is 1. The molecule has 158 valence electrons. The van der Waals surface area contributed by atoms with Gasteiger partial charge in [-0.1, -0.05) is 17.7 Å². The third kappa shape index (κ3) is 5.08. The van der Waals surface area contributed by atoms with Crippen molar-refractivity contribution in [3.63, 3.8) is 0 Å². The van der Waals surface area contributed by atoms with E-state index in [0.29, 0.717) is 11.4 Å². The van der Waals surface area contributed by atoms with Crippen molar-refractivity contribution >= 4 is 29.1 Å². The molecule has 0 aromatic heterocycles. The van der Waals surface area contributed by atoms with Crippen molar-refractivity contribution < 1.29 is 19.1 Å². The summed E-state index contributed by atoms with van der Waals surface area (Å²) in [5, 5.41) is 3.04. The molecule has 1 fully saturated rings. The van der Waals surface area contributed by atoms with Gasteiger partial charge in [0.25, 0.3) is 5.91 Å². The fourth-order valence-electron chi connectivity index (χ4n) is 3.36. The van der Waals surface area contributed by atoms with E-state index < -0.39 is 5.92 Å². The Morgan fingerprint density at radius 1 is 1.10 bits per heavy atom. The molecular weight excluding hydrogens is 384 g/mol. The molecule has 3 N–H and O–H groups in total. The zero-order valence-corrected chi connectivity index (χ0v) is 17.3. The van der Waals surface area contributed by atoms with E-state index in [0.717, 1.165) is 16.8 Å². The van der Waals surface area contributed by atoms with Gasteiger partial charge < -0.3 is 15.0 Å². The lowest BCUT2D eigenvalue weighted by Gasteiger charge is -2.17. The van der Waals surface area contributed by atoms with Crippen LogP contribution in [0, 0.1) is 19.8 Å². The van der Waals surface area contributed by atoms with Gasteiger partial charge >= 0.3 is 0 Å². The lowest BCUT2D eigenvalue weighted by atomic mass is 10.1. The number of benzene rings is 2. The lowest BCUT2D eigenvalue weighted by molar-refractivity contribution is -0.130. The quantitative estimate of drug-likeness (QED) is 0.632. The number of hydrazine groups is 1. The predicted octanol–water partition coefficient (Wildman–Crippen LogP) is 1.92. The molecule has 1 unspecified atom stereocenters. The number of methoxy groups -OCH3 is 1. The van der Waals surface area contributed by atoms with Crippen LogP contribution in [-0.4, -0.2) is 37.9 Å². The number of rotatable bonds is 6. The van der Waals surface area contributed by atoms with E-state index in [-0.39, 0.29) is 37.2 Å². The molecule has 3 amide bonds. The fourth-order valence-corrected chi connectivity index (χ4v) is 3.36. The van der Waals surface area contributed by atoms with E-state index >= 15 is 0 Å². The predicted molar refractivity (Wildman–Crippen MR) is 114 cm³/mol. The number of nitrogens with one attached hydrogen (secondary N) is 3. The zero-order chi connectivity index (χ0) is 21.7. The molecule has 8 heteroatoms. The summed E-state index contributed by atoms with van der Waals surface area (Å²) in [4.78, 5) is 38.3. The van der Waals surface area contributed by atoms with Gasteiger partial charge in [-0.3, -0.25) is 25.2 Å². The average molecular weight is 410 g/mol. The van der Waals surface area contributed by atoms with Crippen molar-refractivity contribution in [2.24, 2.45) is 5.92 Å². The highest BCUT2D eigenvalue weighted by molar-refractivity contribution is 6.00. The molecule has 1 aliphatic heterocycles. The summed E-state index contributed by atoms with van der Waals surface area (Å²) in [6, 6.07) is 13.0. The van der Waals surface area contributed by atoms with E-state index in [4.69, 9.17) is 4.74 Å². The van der Waals surface area contributed by atoms with Crippen molar-refractivity contribution in [1.29, 1.82) is 0 Å². The van der Waals surface area contributed by atoms with E-state index in [1.165, 1.54) is 0 Å². The van der Waals surface area contributed by atoms with Crippen molar-refractivity contribution in [3.8, 4) is 5.75 Å². The van der Waals surface area contributed by atoms with Crippen molar-refractivity contribution in [1.82, 2.24) is 10.9 Å². The van der Waals surface area contributed by atoms with Gasteiger partial charge in [0.15, 0.2) is 0 Å². The second kappa shape index (κ2) is 9.30. The van der Waals surface area contributed by atoms with Gasteiger partial charge in [0.05, 0.1) is 19.6 Å². The first-order chi connectivity index (χ1) is 14.4. The summed E-state index contributed by atoms with van der Waals surface area (Å²) in [6.45, 7) is 4.24. The Labute approximate surface area is 175 Å². The molecule has 0 radical (unpaired) electrons. The summed E-state index contributed by atoms with van der Waals surface area (Å²) < 4.78 is 5.12. The maximum Gasteiger partial charge on any atom is 0.257 e. The number of carbonyl (C=O) groups is 3. The highest BCUT2D eigenvalue weighted by atomic mass is 16.5. The summed E-state index contributed by atoms with van der Waals surface area (Å²) in [5.41, 5.74) is 8.56. The van der Waals surface area contributed by atoms with Crippen LogP contribution in [0.25, 0.3) is 0 Å². The smallest absolute Gasteiger partial charge is 0.257 e. The Morgan fingerprint density at radius 3 is 2.50 bits per heavy atom. The summed E-state index contributed by atoms with van der Waals surface area (Å²) >= 11 is 0. The van der Waals surface area contributed by atoms with Gasteiger partial charge in [0.1, 0.15) is 5.75 Å². The molecule has 0 aliphatic carbocycles. The Balaban J connectivity index is 1.47. The van der Waals surface area contributed by atoms with Gasteiger partial charge in [-0.2, -0.15) is 0 Å². The standard InChI is InChI=1S/C22H26N4O4/c1-14-4-9-19(15(2)10-14)23-12-20(27)24-25-22(29)16-11-21(28)26(13-16)17-5-7-18(30-3)8-6-17/h4-10,16,23H,11-13H2,1-3H3,(H,24,27)(H,25,29). The summed E-state index contributed by atoms with van der Waals surface area (Å²) in [7, 11) is 1.57.